The quantitative estimate of drug-likeness (QED) is 0.639. The van der Waals surface area contributed by atoms with Crippen molar-refractivity contribution in [3.05, 3.63) is 48.7 Å². The third-order valence-electron chi connectivity index (χ3n) is 2.56. The van der Waals surface area contributed by atoms with Crippen molar-refractivity contribution >= 4 is 10.9 Å². The summed E-state index contributed by atoms with van der Waals surface area (Å²) < 4.78 is 2.04. The summed E-state index contributed by atoms with van der Waals surface area (Å²) in [5, 5.41) is 1.22. The van der Waals surface area contributed by atoms with E-state index in [1.807, 2.05) is 42.3 Å². The zero-order valence-electron chi connectivity index (χ0n) is 8.44. The van der Waals surface area contributed by atoms with E-state index in [0.717, 1.165) is 16.9 Å². The molecule has 15 heavy (non-hydrogen) atoms. The number of aryl methyl sites for hydroxylation is 1. The lowest BCUT2D eigenvalue weighted by atomic mass is 10.2. The van der Waals surface area contributed by atoms with Gasteiger partial charge in [-0.15, -0.1) is 0 Å². The Balaban J connectivity index is 2.27. The molecule has 0 amide bonds. The van der Waals surface area contributed by atoms with E-state index in [2.05, 4.69) is 22.1 Å². The molecule has 3 aromatic rings. The second-order valence-corrected chi connectivity index (χ2v) is 3.64. The molecule has 0 radical (unpaired) electrons. The van der Waals surface area contributed by atoms with Crippen LogP contribution in [0.2, 0.25) is 0 Å². The van der Waals surface area contributed by atoms with E-state index in [1.54, 1.807) is 0 Å². The minimum Gasteiger partial charge on any atom is -0.359 e. The van der Waals surface area contributed by atoms with Gasteiger partial charge in [0.05, 0.1) is 17.7 Å². The molecule has 2 heterocycles. The molecular formula is C12H11N3. The number of rotatable bonds is 1. The van der Waals surface area contributed by atoms with Crippen molar-refractivity contribution in [3.8, 4) is 5.69 Å². The van der Waals surface area contributed by atoms with E-state index < -0.39 is 0 Å². The van der Waals surface area contributed by atoms with Crippen LogP contribution in [-0.2, 0) is 0 Å². The predicted molar refractivity (Wildman–Crippen MR) is 60.2 cm³/mol. The third-order valence-corrected chi connectivity index (χ3v) is 2.56. The molecule has 0 saturated carbocycles. The maximum absolute atomic E-state index is 4.23. The van der Waals surface area contributed by atoms with Crippen molar-refractivity contribution in [2.45, 2.75) is 6.92 Å². The Bertz CT molecular complexity index is 604. The van der Waals surface area contributed by atoms with Crippen molar-refractivity contribution in [2.75, 3.05) is 0 Å². The predicted octanol–water partition coefficient (Wildman–Crippen LogP) is 2.66. The number of nitrogens with zero attached hydrogens (tertiary/aromatic N) is 2. The highest BCUT2D eigenvalue weighted by molar-refractivity contribution is 5.88. The third kappa shape index (κ3) is 1.24. The number of H-pyrrole nitrogens is 1. The van der Waals surface area contributed by atoms with Gasteiger partial charge >= 0.3 is 0 Å². The van der Waals surface area contributed by atoms with Crippen LogP contribution >= 0.6 is 0 Å². The molecule has 1 aromatic carbocycles. The maximum Gasteiger partial charge on any atom is 0.0995 e. The van der Waals surface area contributed by atoms with Gasteiger partial charge in [-0.05, 0) is 13.0 Å². The summed E-state index contributed by atoms with van der Waals surface area (Å²) in [5.41, 5.74) is 3.32. The summed E-state index contributed by atoms with van der Waals surface area (Å²) in [6.07, 6.45) is 5.87. The van der Waals surface area contributed by atoms with Crippen LogP contribution in [0, 0.1) is 6.92 Å². The lowest BCUT2D eigenvalue weighted by Gasteiger charge is -1.98. The zero-order chi connectivity index (χ0) is 10.3. The Kier molecular flexibility index (Phi) is 1.65. The van der Waals surface area contributed by atoms with Crippen molar-refractivity contribution in [2.24, 2.45) is 0 Å². The Morgan fingerprint density at radius 3 is 2.93 bits per heavy atom. The first-order valence-electron chi connectivity index (χ1n) is 4.92. The molecule has 2 aromatic heterocycles. The number of fused-ring (bicyclic) bond motifs is 1. The van der Waals surface area contributed by atoms with Gasteiger partial charge in [-0.1, -0.05) is 18.2 Å². The molecule has 0 saturated heterocycles. The summed E-state index contributed by atoms with van der Waals surface area (Å²) in [6, 6.07) is 8.25. The Hall–Kier alpha value is -2.03. The van der Waals surface area contributed by atoms with Gasteiger partial charge in [0.15, 0.2) is 0 Å². The van der Waals surface area contributed by atoms with Gasteiger partial charge < -0.3 is 9.55 Å². The number of imidazole rings is 1. The molecule has 0 bridgehead atoms. The smallest absolute Gasteiger partial charge is 0.0995 e. The standard InChI is InChI=1S/C12H11N3/c1-9-7-15(8-14-9)12-6-13-11-5-3-2-4-10(11)12/h2-8,13H,1H3. The van der Waals surface area contributed by atoms with E-state index in [1.165, 1.54) is 5.39 Å². The lowest BCUT2D eigenvalue weighted by molar-refractivity contribution is 1.07. The lowest BCUT2D eigenvalue weighted by Crippen LogP contribution is -1.86. The number of nitrogens with one attached hydrogen (secondary N) is 1. The molecule has 0 aliphatic heterocycles. The number of hydrogen-bond donors (Lipinski definition) is 1. The average Bonchev–Trinajstić information content (AvgIpc) is 2.83. The second kappa shape index (κ2) is 2.98. The molecular weight excluding hydrogens is 186 g/mol. The van der Waals surface area contributed by atoms with Crippen LogP contribution in [0.15, 0.2) is 43.0 Å². The first-order valence-corrected chi connectivity index (χ1v) is 4.92. The minimum absolute atomic E-state index is 1.03. The summed E-state index contributed by atoms with van der Waals surface area (Å²) in [6.45, 7) is 1.99. The Morgan fingerprint density at radius 1 is 1.27 bits per heavy atom. The van der Waals surface area contributed by atoms with Crippen LogP contribution in [0.3, 0.4) is 0 Å². The van der Waals surface area contributed by atoms with Gasteiger partial charge in [0, 0.05) is 23.3 Å². The average molecular weight is 197 g/mol. The molecule has 3 rings (SSSR count). The number of aromatic amines is 1. The van der Waals surface area contributed by atoms with Gasteiger partial charge in [-0.2, -0.15) is 0 Å². The van der Waals surface area contributed by atoms with Crippen molar-refractivity contribution in [3.63, 3.8) is 0 Å². The first-order chi connectivity index (χ1) is 7.34. The van der Waals surface area contributed by atoms with E-state index in [0.29, 0.717) is 0 Å². The Morgan fingerprint density at radius 2 is 2.13 bits per heavy atom. The van der Waals surface area contributed by atoms with E-state index >= 15 is 0 Å². The van der Waals surface area contributed by atoms with Crippen molar-refractivity contribution in [1.82, 2.24) is 14.5 Å². The number of para-hydroxylation sites is 1. The van der Waals surface area contributed by atoms with E-state index in [-0.39, 0.29) is 0 Å². The van der Waals surface area contributed by atoms with Crippen LogP contribution in [0.25, 0.3) is 16.6 Å². The molecule has 74 valence electrons. The fraction of sp³-hybridized carbons (Fsp3) is 0.0833. The van der Waals surface area contributed by atoms with Gasteiger partial charge in [0.1, 0.15) is 0 Å². The van der Waals surface area contributed by atoms with Gasteiger partial charge in [-0.3, -0.25) is 0 Å². The normalized spacial score (nSPS) is 11.0. The first kappa shape index (κ1) is 8.29. The second-order valence-electron chi connectivity index (χ2n) is 3.64. The van der Waals surface area contributed by atoms with Crippen molar-refractivity contribution in [1.29, 1.82) is 0 Å². The van der Waals surface area contributed by atoms with Crippen LogP contribution in [-0.4, -0.2) is 14.5 Å². The van der Waals surface area contributed by atoms with Crippen molar-refractivity contribution < 1.29 is 0 Å². The van der Waals surface area contributed by atoms with Crippen LogP contribution in [0.5, 0.6) is 0 Å². The Labute approximate surface area is 87.4 Å². The summed E-state index contributed by atoms with van der Waals surface area (Å²) in [7, 11) is 0. The van der Waals surface area contributed by atoms with Gasteiger partial charge in [0.2, 0.25) is 0 Å². The number of hydrogen-bond acceptors (Lipinski definition) is 1. The molecule has 0 fully saturated rings. The molecule has 3 nitrogen and oxygen atoms in total. The molecule has 1 N–H and O–H groups in total. The molecule has 0 atom stereocenters. The fourth-order valence-corrected chi connectivity index (χ4v) is 1.82. The molecule has 3 heteroatoms. The van der Waals surface area contributed by atoms with E-state index in [9.17, 15) is 0 Å². The monoisotopic (exact) mass is 197 g/mol. The molecule has 0 aliphatic rings. The molecule has 0 spiro atoms. The largest absolute Gasteiger partial charge is 0.359 e. The van der Waals surface area contributed by atoms with Crippen LogP contribution in [0.4, 0.5) is 0 Å². The summed E-state index contributed by atoms with van der Waals surface area (Å²) >= 11 is 0. The molecule has 0 unspecified atom stereocenters. The van der Waals surface area contributed by atoms with Crippen LogP contribution in [0.1, 0.15) is 5.69 Å². The van der Waals surface area contributed by atoms with Gasteiger partial charge in [0.25, 0.3) is 0 Å². The number of aromatic nitrogens is 3. The SMILES string of the molecule is Cc1cn(-c2c[nH]c3ccccc23)cn1. The van der Waals surface area contributed by atoms with E-state index in [4.69, 9.17) is 0 Å². The summed E-state index contributed by atoms with van der Waals surface area (Å²) in [5.74, 6) is 0. The highest BCUT2D eigenvalue weighted by atomic mass is 15.0. The number of benzene rings is 1. The topological polar surface area (TPSA) is 33.6 Å². The minimum atomic E-state index is 1.03. The molecule has 0 aliphatic carbocycles. The maximum atomic E-state index is 4.23. The van der Waals surface area contributed by atoms with Crippen LogP contribution < -0.4 is 0 Å². The highest BCUT2D eigenvalue weighted by Crippen LogP contribution is 2.21. The fourth-order valence-electron chi connectivity index (χ4n) is 1.82. The highest BCUT2D eigenvalue weighted by Gasteiger charge is 2.04. The summed E-state index contributed by atoms with van der Waals surface area (Å²) in [4.78, 5) is 7.48. The van der Waals surface area contributed by atoms with Gasteiger partial charge in [-0.25, -0.2) is 4.98 Å². The zero-order valence-corrected chi connectivity index (χ0v) is 8.44.